The Morgan fingerprint density at radius 2 is 1.53 bits per heavy atom. The molecule has 3 aromatic rings. The van der Waals surface area contributed by atoms with Crippen molar-refractivity contribution in [1.29, 1.82) is 0 Å². The van der Waals surface area contributed by atoms with E-state index in [4.69, 9.17) is 14.3 Å². The first-order chi connectivity index (χ1) is 21.8. The van der Waals surface area contributed by atoms with Crippen LogP contribution in [0.2, 0.25) is 0 Å². The predicted molar refractivity (Wildman–Crippen MR) is 168 cm³/mol. The maximum Gasteiger partial charge on any atom is 0.407 e. The summed E-state index contributed by atoms with van der Waals surface area (Å²) in [6.45, 7) is 4.54. The van der Waals surface area contributed by atoms with Gasteiger partial charge in [0.2, 0.25) is 0 Å². The normalized spacial score (nSPS) is 14.6. The van der Waals surface area contributed by atoms with Crippen LogP contribution in [0.1, 0.15) is 12.0 Å². The second kappa shape index (κ2) is 17.6. The molecule has 0 bridgehead atoms. The minimum Gasteiger partial charge on any atom is -0.480 e. The van der Waals surface area contributed by atoms with Crippen molar-refractivity contribution in [2.45, 2.75) is 24.0 Å². The molecule has 12 nitrogen and oxygen atoms in total. The number of carboxylic acids is 1. The fraction of sp³-hybridized carbons (Fsp3) is 0.375. The van der Waals surface area contributed by atoms with Crippen LogP contribution in [-0.4, -0.2) is 100 Å². The molecule has 0 radical (unpaired) electrons. The summed E-state index contributed by atoms with van der Waals surface area (Å²) >= 11 is 0. The Hall–Kier alpha value is -3.85. The molecule has 1 heterocycles. The van der Waals surface area contributed by atoms with E-state index in [1.54, 1.807) is 24.3 Å². The standard InChI is InChI=1S/C32H40N4O8S/c37-31(38)30(15-16-34-32(39)43-25-26-7-3-1-4-8-26)36(44-24-23-42-22-21-35-19-17-33-18-20-35)45(40,41)29-13-11-28(12-14-29)27-9-5-2-6-10-27/h1-14,30,33H,15-25H2,(H,34,39)(H,37,38)/t30-/m1/s1. The number of hydrogen-bond acceptors (Lipinski definition) is 9. The van der Waals surface area contributed by atoms with E-state index >= 15 is 0 Å². The zero-order valence-electron chi connectivity index (χ0n) is 25.0. The molecule has 1 aliphatic rings. The van der Waals surface area contributed by atoms with Crippen LogP contribution in [0.25, 0.3) is 11.1 Å². The molecule has 13 heteroatoms. The summed E-state index contributed by atoms with van der Waals surface area (Å²) < 4.78 is 38.9. The van der Waals surface area contributed by atoms with Crippen molar-refractivity contribution in [1.82, 2.24) is 20.0 Å². The molecule has 1 saturated heterocycles. The van der Waals surface area contributed by atoms with Gasteiger partial charge < -0.3 is 25.2 Å². The van der Waals surface area contributed by atoms with Crippen molar-refractivity contribution in [2.24, 2.45) is 0 Å². The number of rotatable bonds is 17. The third kappa shape index (κ3) is 10.6. The van der Waals surface area contributed by atoms with Crippen molar-refractivity contribution in [3.63, 3.8) is 0 Å². The first kappa shape index (κ1) is 34.0. The van der Waals surface area contributed by atoms with E-state index in [0.29, 0.717) is 11.1 Å². The van der Waals surface area contributed by atoms with Crippen molar-refractivity contribution in [3.05, 3.63) is 90.5 Å². The van der Waals surface area contributed by atoms with Crippen LogP contribution in [0.4, 0.5) is 4.79 Å². The molecule has 0 saturated carbocycles. The Balaban J connectivity index is 1.40. The average Bonchev–Trinajstić information content (AvgIpc) is 3.07. The number of carbonyl (C=O) groups excluding carboxylic acids is 1. The Morgan fingerprint density at radius 1 is 0.889 bits per heavy atom. The molecule has 45 heavy (non-hydrogen) atoms. The van der Waals surface area contributed by atoms with Crippen LogP contribution in [0.15, 0.2) is 89.8 Å². The Morgan fingerprint density at radius 3 is 2.20 bits per heavy atom. The van der Waals surface area contributed by atoms with Gasteiger partial charge in [-0.15, -0.1) is 0 Å². The highest BCUT2D eigenvalue weighted by Crippen LogP contribution is 2.25. The van der Waals surface area contributed by atoms with Crippen LogP contribution in [0.3, 0.4) is 0 Å². The Labute approximate surface area is 263 Å². The molecule has 3 N–H and O–H groups in total. The third-order valence-corrected chi connectivity index (χ3v) is 8.84. The molecule has 1 aliphatic heterocycles. The molecule has 1 fully saturated rings. The van der Waals surface area contributed by atoms with Gasteiger partial charge in [0.1, 0.15) is 6.61 Å². The fourth-order valence-electron chi connectivity index (χ4n) is 4.70. The number of piperazine rings is 1. The zero-order chi connectivity index (χ0) is 31.9. The van der Waals surface area contributed by atoms with Gasteiger partial charge in [-0.25, -0.2) is 13.2 Å². The van der Waals surface area contributed by atoms with Crippen molar-refractivity contribution in [3.8, 4) is 11.1 Å². The molecule has 1 amide bonds. The molecule has 0 aromatic heterocycles. The molecule has 242 valence electrons. The average molecular weight is 641 g/mol. The summed E-state index contributed by atoms with van der Waals surface area (Å²) in [5, 5.41) is 15.9. The number of sulfonamides is 1. The number of nitrogens with one attached hydrogen (secondary N) is 2. The molecular weight excluding hydrogens is 600 g/mol. The summed E-state index contributed by atoms with van der Waals surface area (Å²) in [5.41, 5.74) is 2.49. The van der Waals surface area contributed by atoms with Gasteiger partial charge in [-0.1, -0.05) is 77.3 Å². The molecular formula is C32H40N4O8S. The molecule has 0 unspecified atom stereocenters. The van der Waals surface area contributed by atoms with Crippen LogP contribution in [0.5, 0.6) is 0 Å². The van der Waals surface area contributed by atoms with Gasteiger partial charge in [0.05, 0.1) is 24.7 Å². The lowest BCUT2D eigenvalue weighted by molar-refractivity contribution is -0.166. The number of ether oxygens (including phenoxy) is 2. The summed E-state index contributed by atoms with van der Waals surface area (Å²) in [6, 6.07) is 23.0. The lowest BCUT2D eigenvalue weighted by Crippen LogP contribution is -2.47. The second-order valence-electron chi connectivity index (χ2n) is 10.3. The van der Waals surface area contributed by atoms with E-state index in [2.05, 4.69) is 15.5 Å². The Bertz CT molecular complexity index is 1440. The highest BCUT2D eigenvalue weighted by atomic mass is 32.2. The predicted octanol–water partition coefficient (Wildman–Crippen LogP) is 2.97. The molecule has 4 rings (SSSR count). The van der Waals surface area contributed by atoms with Crippen LogP contribution in [0, 0.1) is 0 Å². The number of hydrogen-bond donors (Lipinski definition) is 3. The van der Waals surface area contributed by atoms with Gasteiger partial charge in [0.15, 0.2) is 6.04 Å². The Kier molecular flexibility index (Phi) is 13.3. The largest absolute Gasteiger partial charge is 0.480 e. The lowest BCUT2D eigenvalue weighted by Gasteiger charge is -2.28. The topological polar surface area (TPSA) is 147 Å². The first-order valence-electron chi connectivity index (χ1n) is 14.9. The van der Waals surface area contributed by atoms with Gasteiger partial charge in [0, 0.05) is 39.3 Å². The van der Waals surface area contributed by atoms with Gasteiger partial charge in [0.25, 0.3) is 10.0 Å². The molecule has 0 aliphatic carbocycles. The van der Waals surface area contributed by atoms with Gasteiger partial charge in [-0.2, -0.15) is 0 Å². The number of nitrogens with zero attached hydrogens (tertiary/aromatic N) is 2. The van der Waals surface area contributed by atoms with Crippen LogP contribution in [-0.2, 0) is 35.7 Å². The quantitative estimate of drug-likeness (QED) is 0.149. The van der Waals surface area contributed by atoms with E-state index in [0.717, 1.165) is 49.4 Å². The SMILES string of the molecule is O=C(NCC[C@H](C(=O)O)N(OCCOCCN1CCNCC1)S(=O)(=O)c1ccc(-c2ccccc2)cc1)OCc1ccccc1. The van der Waals surface area contributed by atoms with Crippen molar-refractivity contribution >= 4 is 22.1 Å². The number of amides is 1. The number of benzene rings is 3. The number of hydroxylamine groups is 1. The third-order valence-electron chi connectivity index (χ3n) is 7.14. The highest BCUT2D eigenvalue weighted by molar-refractivity contribution is 7.89. The number of aliphatic carboxylic acids is 1. The van der Waals surface area contributed by atoms with E-state index in [9.17, 15) is 23.1 Å². The summed E-state index contributed by atoms with van der Waals surface area (Å²) in [6.07, 6.45) is -1.03. The van der Waals surface area contributed by atoms with E-state index < -0.39 is 28.1 Å². The smallest absolute Gasteiger partial charge is 0.407 e. The maximum atomic E-state index is 13.8. The summed E-state index contributed by atoms with van der Waals surface area (Å²) in [5.74, 6) is -1.43. The molecule has 3 aromatic carbocycles. The van der Waals surface area contributed by atoms with Gasteiger partial charge in [-0.05, 0) is 35.2 Å². The molecule has 0 spiro atoms. The fourth-order valence-corrected chi connectivity index (χ4v) is 6.13. The lowest BCUT2D eigenvalue weighted by atomic mass is 10.1. The van der Waals surface area contributed by atoms with E-state index in [1.165, 1.54) is 12.1 Å². The first-order valence-corrected chi connectivity index (χ1v) is 16.3. The highest BCUT2D eigenvalue weighted by Gasteiger charge is 2.37. The van der Waals surface area contributed by atoms with Gasteiger partial charge >= 0.3 is 12.1 Å². The van der Waals surface area contributed by atoms with E-state index in [1.807, 2.05) is 48.5 Å². The van der Waals surface area contributed by atoms with Crippen LogP contribution < -0.4 is 10.6 Å². The van der Waals surface area contributed by atoms with Crippen LogP contribution >= 0.6 is 0 Å². The molecule has 1 atom stereocenters. The summed E-state index contributed by atoms with van der Waals surface area (Å²) in [4.78, 5) is 32.4. The summed E-state index contributed by atoms with van der Waals surface area (Å²) in [7, 11) is -4.44. The monoisotopic (exact) mass is 640 g/mol. The van der Waals surface area contributed by atoms with E-state index in [-0.39, 0.29) is 37.7 Å². The van der Waals surface area contributed by atoms with Crippen molar-refractivity contribution in [2.75, 3.05) is 59.1 Å². The second-order valence-corrected chi connectivity index (χ2v) is 12.1. The number of carboxylic acid groups (broad SMARTS) is 1. The minimum atomic E-state index is -4.44. The zero-order valence-corrected chi connectivity index (χ0v) is 25.9. The minimum absolute atomic E-state index is 0.0340. The number of alkyl carbamates (subject to hydrolysis) is 1. The maximum absolute atomic E-state index is 13.8. The number of carbonyl (C=O) groups is 2. The van der Waals surface area contributed by atoms with Crippen molar-refractivity contribution < 1.29 is 37.4 Å². The van der Waals surface area contributed by atoms with Gasteiger partial charge in [-0.3, -0.25) is 14.5 Å².